The van der Waals surface area contributed by atoms with Gasteiger partial charge in [-0.25, -0.2) is 9.59 Å². The van der Waals surface area contributed by atoms with Crippen molar-refractivity contribution in [2.75, 3.05) is 0 Å². The van der Waals surface area contributed by atoms with Crippen LogP contribution >= 0.6 is 0 Å². The fourth-order valence-electron chi connectivity index (χ4n) is 7.55. The Morgan fingerprint density at radius 2 is 1.55 bits per heavy atom. The third-order valence-corrected chi connectivity index (χ3v) is 9.50. The Morgan fingerprint density at radius 3 is 2.17 bits per heavy atom. The van der Waals surface area contributed by atoms with Crippen molar-refractivity contribution in [2.24, 2.45) is 18.4 Å². The van der Waals surface area contributed by atoms with E-state index in [-0.39, 0.29) is 29.5 Å². The second-order valence-corrected chi connectivity index (χ2v) is 12.5. The normalized spacial score (nSPS) is 36.4. The Balaban J connectivity index is 1.70. The van der Waals surface area contributed by atoms with E-state index in [2.05, 4.69) is 0 Å². The molecule has 3 aliphatic rings. The predicted octanol–water partition coefficient (Wildman–Crippen LogP) is 2.16. The number of hydrogen-bond acceptors (Lipinski definition) is 10. The maximum Gasteiger partial charge on any atom is 0.340 e. The Kier molecular flexibility index (Phi) is 7.15. The molecule has 0 radical (unpaired) electrons. The van der Waals surface area contributed by atoms with Crippen LogP contribution in [0.3, 0.4) is 0 Å². The summed E-state index contributed by atoms with van der Waals surface area (Å²) in [4.78, 5) is 51.6. The molecule has 2 heterocycles. The third-order valence-electron chi connectivity index (χ3n) is 9.50. The second-order valence-electron chi connectivity index (χ2n) is 12.5. The van der Waals surface area contributed by atoms with Gasteiger partial charge >= 0.3 is 17.9 Å². The third kappa shape index (κ3) is 4.28. The molecule has 2 aliphatic carbocycles. The van der Waals surface area contributed by atoms with E-state index in [4.69, 9.17) is 18.9 Å². The number of fused-ring (bicyclic) bond motifs is 1. The molecule has 11 nitrogen and oxygen atoms in total. The molecule has 11 heteroatoms. The number of benzene rings is 1. The number of pyridine rings is 1. The first-order valence-corrected chi connectivity index (χ1v) is 14.0. The lowest BCUT2D eigenvalue weighted by molar-refractivity contribution is -0.334. The highest BCUT2D eigenvalue weighted by Crippen LogP contribution is 2.68. The van der Waals surface area contributed by atoms with Crippen molar-refractivity contribution in [2.45, 2.75) is 88.7 Å². The fraction of sp³-hybridized carbons (Fsp3) is 0.548. The van der Waals surface area contributed by atoms with Crippen LogP contribution in [0.25, 0.3) is 0 Å². The quantitative estimate of drug-likeness (QED) is 0.396. The highest BCUT2D eigenvalue weighted by molar-refractivity contribution is 5.90. The average Bonchev–Trinajstić information content (AvgIpc) is 3.13. The molecule has 2 bridgehead atoms. The van der Waals surface area contributed by atoms with Crippen molar-refractivity contribution in [1.29, 1.82) is 0 Å². The summed E-state index contributed by atoms with van der Waals surface area (Å²) in [6.45, 7) is 7.80. The van der Waals surface area contributed by atoms with E-state index in [0.29, 0.717) is 0 Å². The number of esters is 3. The molecule has 1 saturated heterocycles. The Morgan fingerprint density at radius 1 is 0.929 bits per heavy atom. The Bertz CT molecular complexity index is 1470. The van der Waals surface area contributed by atoms with Gasteiger partial charge in [-0.05, 0) is 51.8 Å². The minimum absolute atomic E-state index is 0.0741. The molecule has 42 heavy (non-hydrogen) atoms. The zero-order valence-electron chi connectivity index (χ0n) is 24.5. The molecule has 2 N–H and O–H groups in total. The highest BCUT2D eigenvalue weighted by atomic mass is 16.6. The number of aliphatic hydroxyl groups excluding tert-OH is 1. The number of nitrogens with zero attached hydrogens (tertiary/aromatic N) is 1. The van der Waals surface area contributed by atoms with Crippen molar-refractivity contribution in [3.05, 3.63) is 70.1 Å². The van der Waals surface area contributed by atoms with Crippen LogP contribution in [0, 0.1) is 11.3 Å². The van der Waals surface area contributed by atoms with Crippen LogP contribution in [0.5, 0.6) is 0 Å². The number of aromatic nitrogens is 1. The molecule has 0 unspecified atom stereocenters. The summed E-state index contributed by atoms with van der Waals surface area (Å²) in [5.74, 6) is -3.14. The number of hydrogen-bond donors (Lipinski definition) is 2. The number of carbonyl (C=O) groups is 3. The predicted molar refractivity (Wildman–Crippen MR) is 147 cm³/mol. The van der Waals surface area contributed by atoms with Gasteiger partial charge in [0.05, 0.1) is 39.8 Å². The molecule has 2 saturated carbocycles. The molecule has 8 atom stereocenters. The van der Waals surface area contributed by atoms with E-state index in [1.54, 1.807) is 58.0 Å². The summed E-state index contributed by atoms with van der Waals surface area (Å²) in [5, 5.41) is 23.8. The lowest BCUT2D eigenvalue weighted by Gasteiger charge is -2.64. The van der Waals surface area contributed by atoms with Gasteiger partial charge in [-0.15, -0.1) is 0 Å². The molecule has 1 spiro atoms. The minimum Gasteiger partial charge on any atom is -0.458 e. The molecule has 0 amide bonds. The number of ether oxygens (including phenoxy) is 4. The van der Waals surface area contributed by atoms with E-state index in [0.717, 1.165) is 0 Å². The number of carbonyl (C=O) groups excluding carboxylic acids is 3. The summed E-state index contributed by atoms with van der Waals surface area (Å²) in [6.07, 6.45) is -3.49. The standard InChI is InChI=1S/C31H37NO10/c1-17(33)39-23-22-24(40-27(37)19-12-13-21(35)32(6)16-19)31(42-28(22,2)3)29(4,38)15-14-20(34)30(31,5)25(23)41-26(36)18-10-8-7-9-11-18/h7-13,16,20,22-25,34,38H,14-15H2,1-6H3/t20-,22+,23-,24+,25-,29-,30-,31-/m1/s1. The first kappa shape index (κ1) is 29.9. The van der Waals surface area contributed by atoms with E-state index < -0.39 is 70.5 Å². The van der Waals surface area contributed by atoms with Gasteiger partial charge in [0.25, 0.3) is 0 Å². The van der Waals surface area contributed by atoms with Gasteiger partial charge < -0.3 is 33.7 Å². The Labute approximate surface area is 243 Å². The summed E-state index contributed by atoms with van der Waals surface area (Å²) in [5.41, 5.74) is -6.34. The molecule has 1 aromatic heterocycles. The highest BCUT2D eigenvalue weighted by Gasteiger charge is 2.85. The zero-order valence-corrected chi connectivity index (χ0v) is 24.5. The van der Waals surface area contributed by atoms with Crippen molar-refractivity contribution in [3.63, 3.8) is 0 Å². The van der Waals surface area contributed by atoms with Gasteiger partial charge in [-0.1, -0.05) is 25.1 Å². The van der Waals surface area contributed by atoms with Crippen LogP contribution < -0.4 is 5.56 Å². The smallest absolute Gasteiger partial charge is 0.340 e. The summed E-state index contributed by atoms with van der Waals surface area (Å²) < 4.78 is 26.1. The summed E-state index contributed by atoms with van der Waals surface area (Å²) in [6, 6.07) is 10.8. The second kappa shape index (κ2) is 10.0. The van der Waals surface area contributed by atoms with Gasteiger partial charge in [0.2, 0.25) is 5.56 Å². The van der Waals surface area contributed by atoms with Crippen molar-refractivity contribution < 1.29 is 43.5 Å². The van der Waals surface area contributed by atoms with E-state index >= 15 is 0 Å². The van der Waals surface area contributed by atoms with Crippen LogP contribution in [0.4, 0.5) is 0 Å². The van der Waals surface area contributed by atoms with Gasteiger partial charge in [0, 0.05) is 26.2 Å². The van der Waals surface area contributed by atoms with Gasteiger partial charge in [0.1, 0.15) is 17.8 Å². The topological polar surface area (TPSA) is 151 Å². The fourth-order valence-corrected chi connectivity index (χ4v) is 7.55. The van der Waals surface area contributed by atoms with Gasteiger partial charge in [-0.3, -0.25) is 9.59 Å². The lowest BCUT2D eigenvalue weighted by atomic mass is 9.47. The van der Waals surface area contributed by atoms with Crippen LogP contribution in [-0.2, 0) is 30.8 Å². The zero-order chi connectivity index (χ0) is 30.8. The first-order valence-electron chi connectivity index (χ1n) is 14.0. The monoisotopic (exact) mass is 583 g/mol. The molecule has 2 aromatic rings. The van der Waals surface area contributed by atoms with Crippen LogP contribution in [0.1, 0.15) is 68.2 Å². The number of aryl methyl sites for hydroxylation is 1. The van der Waals surface area contributed by atoms with E-state index in [1.807, 2.05) is 0 Å². The number of aliphatic hydroxyl groups is 2. The summed E-state index contributed by atoms with van der Waals surface area (Å²) >= 11 is 0. The van der Waals surface area contributed by atoms with Crippen molar-refractivity contribution in [3.8, 4) is 0 Å². The van der Waals surface area contributed by atoms with E-state index in [9.17, 15) is 29.4 Å². The van der Waals surface area contributed by atoms with Crippen molar-refractivity contribution in [1.82, 2.24) is 4.57 Å². The maximum absolute atomic E-state index is 13.6. The molecule has 5 rings (SSSR count). The average molecular weight is 584 g/mol. The van der Waals surface area contributed by atoms with Gasteiger partial charge in [0.15, 0.2) is 6.10 Å². The maximum atomic E-state index is 13.6. The molecule has 226 valence electrons. The van der Waals surface area contributed by atoms with Crippen LogP contribution in [0.15, 0.2) is 53.5 Å². The number of rotatable bonds is 5. The van der Waals surface area contributed by atoms with Crippen LogP contribution in [0.2, 0.25) is 0 Å². The first-order chi connectivity index (χ1) is 19.6. The molecule has 1 aromatic carbocycles. The van der Waals surface area contributed by atoms with E-state index in [1.165, 1.54) is 36.9 Å². The Hall–Kier alpha value is -3.54. The lowest BCUT2D eigenvalue weighted by Crippen LogP contribution is -2.81. The largest absolute Gasteiger partial charge is 0.458 e. The van der Waals surface area contributed by atoms with Crippen LogP contribution in [-0.4, -0.2) is 73.9 Å². The van der Waals surface area contributed by atoms with Gasteiger partial charge in [-0.2, -0.15) is 0 Å². The summed E-state index contributed by atoms with van der Waals surface area (Å²) in [7, 11) is 1.50. The molecular weight excluding hydrogens is 546 g/mol. The molecule has 1 aliphatic heterocycles. The van der Waals surface area contributed by atoms with Crippen molar-refractivity contribution >= 4 is 17.9 Å². The SMILES string of the molecule is CC(=O)O[C@@H]1[C@H]2[C@H](OC(=O)c3ccc(=O)n(C)c3)[C@]3(OC2(C)C)[C@](C)([C@H](O)CC[C@@]3(C)O)[C@@H]1OC(=O)c1ccccc1. The molecular formula is C31H37NO10. The molecule has 3 fully saturated rings. The minimum atomic E-state index is -1.81.